The molecular weight excluding hydrogens is 241 g/mol. The molecule has 1 heterocycles. The number of aromatic nitrogens is 1. The van der Waals surface area contributed by atoms with Gasteiger partial charge in [0.15, 0.2) is 5.75 Å². The topological polar surface area (TPSA) is 59.4 Å². The third-order valence-electron chi connectivity index (χ3n) is 1.50. The van der Waals surface area contributed by atoms with Crippen LogP contribution in [0, 0.1) is 0 Å². The maximum Gasteiger partial charge on any atom is 0.339 e. The summed E-state index contributed by atoms with van der Waals surface area (Å²) in [6.07, 6.45) is 2.68. The second kappa shape index (κ2) is 5.58. The Hall–Kier alpha value is -1.26. The van der Waals surface area contributed by atoms with E-state index in [9.17, 15) is 4.79 Å². The number of carboxylic acids is 1. The largest absolute Gasteiger partial charge is 0.485 e. The lowest BCUT2D eigenvalue weighted by atomic mass is 10.2. The molecule has 0 aliphatic rings. The fourth-order valence-electron chi connectivity index (χ4n) is 0.850. The average molecular weight is 248 g/mol. The number of rotatable bonds is 4. The van der Waals surface area contributed by atoms with Crippen LogP contribution in [0.15, 0.2) is 29.0 Å². The standard InChI is InChI=1S/C9H7Cl2NO3/c10-3-6(11)5-15-8-4-12-2-1-7(8)9(13)14/h1-4H,5H2,(H,13,14)/b6-3-. The van der Waals surface area contributed by atoms with E-state index in [1.165, 1.54) is 18.5 Å². The number of pyridine rings is 1. The number of hydrogen-bond acceptors (Lipinski definition) is 3. The van der Waals surface area contributed by atoms with Crippen LogP contribution in [-0.2, 0) is 0 Å². The van der Waals surface area contributed by atoms with Gasteiger partial charge in [0.1, 0.15) is 12.2 Å². The summed E-state index contributed by atoms with van der Waals surface area (Å²) in [4.78, 5) is 14.5. The molecule has 0 unspecified atom stereocenters. The highest BCUT2D eigenvalue weighted by molar-refractivity contribution is 6.36. The van der Waals surface area contributed by atoms with Gasteiger partial charge in [0.05, 0.1) is 11.2 Å². The Labute approximate surface area is 96.1 Å². The molecule has 1 aromatic rings. The number of ether oxygens (including phenoxy) is 1. The van der Waals surface area contributed by atoms with E-state index in [4.69, 9.17) is 33.0 Å². The van der Waals surface area contributed by atoms with Crippen LogP contribution in [0.4, 0.5) is 0 Å². The van der Waals surface area contributed by atoms with Crippen molar-refractivity contribution >= 4 is 29.2 Å². The van der Waals surface area contributed by atoms with Crippen LogP contribution in [0.2, 0.25) is 0 Å². The van der Waals surface area contributed by atoms with Gasteiger partial charge in [-0.1, -0.05) is 23.2 Å². The Morgan fingerprint density at radius 3 is 3.00 bits per heavy atom. The molecule has 0 aliphatic carbocycles. The van der Waals surface area contributed by atoms with Crippen molar-refractivity contribution in [2.45, 2.75) is 0 Å². The van der Waals surface area contributed by atoms with Crippen molar-refractivity contribution in [2.24, 2.45) is 0 Å². The summed E-state index contributed by atoms with van der Waals surface area (Å²) in [7, 11) is 0. The molecule has 0 radical (unpaired) electrons. The molecule has 0 saturated heterocycles. The summed E-state index contributed by atoms with van der Waals surface area (Å²) in [6, 6.07) is 1.34. The molecule has 1 N–H and O–H groups in total. The number of halogens is 2. The first-order chi connectivity index (χ1) is 7.15. The first-order valence-corrected chi connectivity index (χ1v) is 4.71. The molecular formula is C9H7Cl2NO3. The van der Waals surface area contributed by atoms with E-state index in [1.807, 2.05) is 0 Å². The van der Waals surface area contributed by atoms with E-state index in [1.54, 1.807) is 0 Å². The number of hydrogen-bond donors (Lipinski definition) is 1. The third-order valence-corrected chi connectivity index (χ3v) is 2.09. The van der Waals surface area contributed by atoms with Gasteiger partial charge in [-0.05, 0) is 6.07 Å². The molecule has 0 amide bonds. The molecule has 6 heteroatoms. The molecule has 15 heavy (non-hydrogen) atoms. The van der Waals surface area contributed by atoms with Crippen molar-refractivity contribution < 1.29 is 14.6 Å². The summed E-state index contributed by atoms with van der Waals surface area (Å²) in [5.41, 5.74) is 1.18. The Morgan fingerprint density at radius 1 is 1.67 bits per heavy atom. The van der Waals surface area contributed by atoms with Gasteiger partial charge >= 0.3 is 5.97 Å². The summed E-state index contributed by atoms with van der Waals surface area (Å²) in [5.74, 6) is -0.931. The van der Waals surface area contributed by atoms with Crippen molar-refractivity contribution in [1.29, 1.82) is 0 Å². The van der Waals surface area contributed by atoms with Gasteiger partial charge in [-0.2, -0.15) is 0 Å². The second-order valence-corrected chi connectivity index (χ2v) is 3.23. The van der Waals surface area contributed by atoms with Gasteiger partial charge < -0.3 is 9.84 Å². The Balaban J connectivity index is 2.80. The van der Waals surface area contributed by atoms with Gasteiger partial charge in [0.25, 0.3) is 0 Å². The smallest absolute Gasteiger partial charge is 0.339 e. The summed E-state index contributed by atoms with van der Waals surface area (Å²) in [5, 5.41) is 9.08. The Morgan fingerprint density at radius 2 is 2.40 bits per heavy atom. The normalized spacial score (nSPS) is 11.2. The van der Waals surface area contributed by atoms with Crippen molar-refractivity contribution in [3.8, 4) is 5.75 Å². The molecule has 4 nitrogen and oxygen atoms in total. The maximum atomic E-state index is 10.8. The van der Waals surface area contributed by atoms with E-state index < -0.39 is 5.97 Å². The fourth-order valence-corrected chi connectivity index (χ4v) is 0.967. The molecule has 0 atom stereocenters. The lowest BCUT2D eigenvalue weighted by molar-refractivity contribution is 0.0692. The highest BCUT2D eigenvalue weighted by Crippen LogP contribution is 2.17. The number of carboxylic acid groups (broad SMARTS) is 1. The SMILES string of the molecule is O=C(O)c1ccncc1OC/C(Cl)=C/Cl. The summed E-state index contributed by atoms with van der Waals surface area (Å²) >= 11 is 10.9. The lowest BCUT2D eigenvalue weighted by Gasteiger charge is -2.06. The quantitative estimate of drug-likeness (QED) is 0.889. The molecule has 1 aromatic heterocycles. The number of aromatic carboxylic acids is 1. The molecule has 0 spiro atoms. The highest BCUT2D eigenvalue weighted by Gasteiger charge is 2.10. The molecule has 1 rings (SSSR count). The van der Waals surface area contributed by atoms with Crippen molar-refractivity contribution in [2.75, 3.05) is 6.61 Å². The molecule has 0 fully saturated rings. The molecule has 0 aromatic carbocycles. The van der Waals surface area contributed by atoms with Crippen molar-refractivity contribution in [3.63, 3.8) is 0 Å². The third kappa shape index (κ3) is 3.42. The van der Waals surface area contributed by atoms with Gasteiger partial charge in [-0.3, -0.25) is 4.98 Å². The molecule has 0 saturated carbocycles. The highest BCUT2D eigenvalue weighted by atomic mass is 35.5. The fraction of sp³-hybridized carbons (Fsp3) is 0.111. The van der Waals surface area contributed by atoms with Crippen LogP contribution in [0.1, 0.15) is 10.4 Å². The summed E-state index contributed by atoms with van der Waals surface area (Å²) < 4.78 is 5.12. The minimum Gasteiger partial charge on any atom is -0.485 e. The zero-order valence-corrected chi connectivity index (χ0v) is 9.00. The van der Waals surface area contributed by atoms with Crippen LogP contribution in [0.3, 0.4) is 0 Å². The van der Waals surface area contributed by atoms with Crippen LogP contribution in [0.25, 0.3) is 0 Å². The number of carbonyl (C=O) groups is 1. The Kier molecular flexibility index (Phi) is 4.39. The molecule has 80 valence electrons. The van der Waals surface area contributed by atoms with E-state index in [-0.39, 0.29) is 23.0 Å². The molecule has 0 aliphatic heterocycles. The van der Waals surface area contributed by atoms with Gasteiger partial charge in [0, 0.05) is 11.7 Å². The molecule has 0 bridgehead atoms. The van der Waals surface area contributed by atoms with Crippen LogP contribution in [0.5, 0.6) is 5.75 Å². The van der Waals surface area contributed by atoms with E-state index in [0.717, 1.165) is 5.54 Å². The van der Waals surface area contributed by atoms with E-state index >= 15 is 0 Å². The van der Waals surface area contributed by atoms with Gasteiger partial charge in [0.2, 0.25) is 0 Å². The van der Waals surface area contributed by atoms with E-state index in [2.05, 4.69) is 4.98 Å². The maximum absolute atomic E-state index is 10.8. The van der Waals surface area contributed by atoms with Crippen LogP contribution < -0.4 is 4.74 Å². The predicted molar refractivity (Wildman–Crippen MR) is 56.5 cm³/mol. The van der Waals surface area contributed by atoms with Crippen molar-refractivity contribution in [3.05, 3.63) is 34.6 Å². The zero-order valence-electron chi connectivity index (χ0n) is 7.48. The second-order valence-electron chi connectivity index (χ2n) is 2.52. The van der Waals surface area contributed by atoms with Crippen LogP contribution >= 0.6 is 23.2 Å². The van der Waals surface area contributed by atoms with Crippen molar-refractivity contribution in [1.82, 2.24) is 4.98 Å². The van der Waals surface area contributed by atoms with Gasteiger partial charge in [-0.15, -0.1) is 0 Å². The minimum atomic E-state index is -1.08. The monoisotopic (exact) mass is 247 g/mol. The first kappa shape index (κ1) is 11.8. The minimum absolute atomic E-state index is 0.0109. The van der Waals surface area contributed by atoms with E-state index in [0.29, 0.717) is 0 Å². The summed E-state index contributed by atoms with van der Waals surface area (Å²) in [6.45, 7) is 0.0109. The van der Waals surface area contributed by atoms with Gasteiger partial charge in [-0.25, -0.2) is 4.79 Å². The van der Waals surface area contributed by atoms with Crippen LogP contribution in [-0.4, -0.2) is 22.7 Å². The average Bonchev–Trinajstić information content (AvgIpc) is 2.26. The number of nitrogens with zero attached hydrogens (tertiary/aromatic N) is 1. The predicted octanol–water partition coefficient (Wildman–Crippen LogP) is 2.48. The zero-order chi connectivity index (χ0) is 11.3. The first-order valence-electron chi connectivity index (χ1n) is 3.90. The lowest BCUT2D eigenvalue weighted by Crippen LogP contribution is -2.04. The Bertz CT molecular complexity index is 393.